The molecule has 0 atom stereocenters. The summed E-state index contributed by atoms with van der Waals surface area (Å²) in [4.78, 5) is 16.8. The Labute approximate surface area is 193 Å². The summed E-state index contributed by atoms with van der Waals surface area (Å²) >= 11 is 0. The maximum Gasteiger partial charge on any atom is 0.573 e. The van der Waals surface area contributed by atoms with Crippen LogP contribution >= 0.6 is 0 Å². The van der Waals surface area contributed by atoms with Gasteiger partial charge in [-0.05, 0) is 62.7 Å². The van der Waals surface area contributed by atoms with E-state index in [2.05, 4.69) is 20.4 Å². The van der Waals surface area contributed by atoms with E-state index in [9.17, 15) is 18.0 Å². The molecule has 7 nitrogen and oxygen atoms in total. The van der Waals surface area contributed by atoms with Gasteiger partial charge in [-0.2, -0.15) is 0 Å². The zero-order valence-corrected chi connectivity index (χ0v) is 18.6. The Morgan fingerprint density at radius 3 is 2.56 bits per heavy atom. The number of nitrogens with one attached hydrogen (secondary N) is 2. The van der Waals surface area contributed by atoms with Gasteiger partial charge in [0.05, 0.1) is 0 Å². The van der Waals surface area contributed by atoms with Gasteiger partial charge in [0.2, 0.25) is 5.88 Å². The van der Waals surface area contributed by atoms with E-state index in [1.165, 1.54) is 12.1 Å². The van der Waals surface area contributed by atoms with E-state index in [1.807, 2.05) is 32.9 Å². The van der Waals surface area contributed by atoms with Gasteiger partial charge in [-0.1, -0.05) is 12.1 Å². The Bertz CT molecular complexity index is 1210. The van der Waals surface area contributed by atoms with E-state index < -0.39 is 18.1 Å². The monoisotopic (exact) mass is 473 g/mol. The minimum absolute atomic E-state index is 0.163. The molecule has 2 N–H and O–H groups in total. The topological polar surface area (TPSA) is 81.7 Å². The number of urea groups is 1. The summed E-state index contributed by atoms with van der Waals surface area (Å²) in [5.74, 6) is 0.879. The molecule has 0 spiro atoms. The van der Waals surface area contributed by atoms with E-state index in [-0.39, 0.29) is 17.2 Å². The number of fused-ring (bicyclic) bond motifs is 1. The first kappa shape index (κ1) is 23.2. The molecular formula is C24H22F3N3O4. The van der Waals surface area contributed by atoms with Crippen LogP contribution in [0.3, 0.4) is 0 Å². The number of aryl methyl sites for hydroxylation is 1. The van der Waals surface area contributed by atoms with E-state index in [0.717, 1.165) is 29.7 Å². The van der Waals surface area contributed by atoms with Crippen LogP contribution < -0.4 is 24.8 Å². The zero-order chi connectivity index (χ0) is 24.5. The Morgan fingerprint density at radius 1 is 1.12 bits per heavy atom. The van der Waals surface area contributed by atoms with Crippen LogP contribution in [0.5, 0.6) is 23.1 Å². The third-order valence-corrected chi connectivity index (χ3v) is 4.84. The quantitative estimate of drug-likeness (QED) is 0.446. The number of anilines is 2. The predicted octanol–water partition coefficient (Wildman–Crippen LogP) is 6.44. The molecule has 4 rings (SSSR count). The van der Waals surface area contributed by atoms with Crippen molar-refractivity contribution in [1.82, 2.24) is 4.98 Å². The minimum atomic E-state index is -4.79. The number of hydrogen-bond donors (Lipinski definition) is 2. The van der Waals surface area contributed by atoms with E-state index in [4.69, 9.17) is 9.47 Å². The normalized spacial score (nSPS) is 14.1. The Balaban J connectivity index is 1.48. The molecule has 0 aliphatic carbocycles. The summed E-state index contributed by atoms with van der Waals surface area (Å²) in [5, 5.41) is 5.22. The minimum Gasteiger partial charge on any atom is -0.483 e. The van der Waals surface area contributed by atoms with Gasteiger partial charge in [-0.15, -0.1) is 13.2 Å². The largest absolute Gasteiger partial charge is 0.573 e. The molecule has 0 saturated heterocycles. The molecule has 0 saturated carbocycles. The first-order valence-electron chi connectivity index (χ1n) is 10.4. The lowest BCUT2D eigenvalue weighted by Crippen LogP contribution is -2.24. The number of carbonyl (C=O) groups excluding carboxylic acids is 1. The van der Waals surface area contributed by atoms with Crippen molar-refractivity contribution in [3.8, 4) is 23.1 Å². The SMILES string of the molecule is Cc1cnc(Oc2cccc3c2OC(C)(C)C3)c(NC(=O)Nc2ccc(OC(F)(F)F)cc2)c1. The predicted molar refractivity (Wildman–Crippen MR) is 120 cm³/mol. The number of para-hydroxylation sites is 1. The number of ether oxygens (including phenoxy) is 3. The van der Waals surface area contributed by atoms with E-state index in [0.29, 0.717) is 17.2 Å². The van der Waals surface area contributed by atoms with Gasteiger partial charge in [-0.3, -0.25) is 0 Å². The lowest BCUT2D eigenvalue weighted by Gasteiger charge is -2.18. The van der Waals surface area contributed by atoms with Crippen LogP contribution in [0.1, 0.15) is 25.0 Å². The average Bonchev–Trinajstić information content (AvgIpc) is 3.05. The third kappa shape index (κ3) is 5.69. The highest BCUT2D eigenvalue weighted by atomic mass is 19.4. The van der Waals surface area contributed by atoms with Crippen molar-refractivity contribution in [2.75, 3.05) is 10.6 Å². The molecular weight excluding hydrogens is 451 g/mol. The number of alkyl halides is 3. The number of pyridine rings is 1. The maximum atomic E-state index is 12.5. The van der Waals surface area contributed by atoms with Crippen LogP contribution in [0, 0.1) is 6.92 Å². The van der Waals surface area contributed by atoms with Crippen LogP contribution in [0.25, 0.3) is 0 Å². The summed E-state index contributed by atoms with van der Waals surface area (Å²) in [5.41, 5.74) is 2.02. The van der Waals surface area contributed by atoms with Gasteiger partial charge in [0.15, 0.2) is 11.5 Å². The highest BCUT2D eigenvalue weighted by Crippen LogP contribution is 2.44. The summed E-state index contributed by atoms with van der Waals surface area (Å²) in [6.45, 7) is 5.78. The number of nitrogens with zero attached hydrogens (tertiary/aromatic N) is 1. The maximum absolute atomic E-state index is 12.5. The standard InChI is InChI=1S/C24H22F3N3O4/c1-14-11-18(30-22(31)29-16-7-9-17(10-8-16)33-24(25,26)27)21(28-13-14)32-19-6-4-5-15-12-23(2,3)34-20(15)19/h4-11,13H,12H2,1-3H3,(H2,29,30,31). The molecule has 2 amide bonds. The van der Waals surface area contributed by atoms with Crippen LogP contribution in [-0.2, 0) is 6.42 Å². The first-order chi connectivity index (χ1) is 16.0. The van der Waals surface area contributed by atoms with Gasteiger partial charge in [0.25, 0.3) is 0 Å². The lowest BCUT2D eigenvalue weighted by molar-refractivity contribution is -0.274. The van der Waals surface area contributed by atoms with Gasteiger partial charge in [-0.25, -0.2) is 9.78 Å². The van der Waals surface area contributed by atoms with E-state index >= 15 is 0 Å². The van der Waals surface area contributed by atoms with Gasteiger partial charge in [0.1, 0.15) is 17.0 Å². The zero-order valence-electron chi connectivity index (χ0n) is 18.6. The fraction of sp³-hybridized carbons (Fsp3) is 0.250. The highest BCUT2D eigenvalue weighted by molar-refractivity contribution is 6.00. The van der Waals surface area contributed by atoms with Crippen molar-refractivity contribution in [3.05, 3.63) is 65.9 Å². The number of carbonyl (C=O) groups is 1. The van der Waals surface area contributed by atoms with Gasteiger partial charge < -0.3 is 24.8 Å². The number of rotatable bonds is 5. The smallest absolute Gasteiger partial charge is 0.483 e. The third-order valence-electron chi connectivity index (χ3n) is 4.84. The Hall–Kier alpha value is -3.95. The van der Waals surface area contributed by atoms with Crippen LogP contribution in [0.15, 0.2) is 54.7 Å². The molecule has 1 aliphatic heterocycles. The Morgan fingerprint density at radius 2 is 1.85 bits per heavy atom. The van der Waals surface area contributed by atoms with Crippen LogP contribution in [0.2, 0.25) is 0 Å². The summed E-state index contributed by atoms with van der Waals surface area (Å²) in [6.07, 6.45) is -2.45. The van der Waals surface area contributed by atoms with Crippen molar-refractivity contribution in [3.63, 3.8) is 0 Å². The van der Waals surface area contributed by atoms with Crippen molar-refractivity contribution in [2.24, 2.45) is 0 Å². The fourth-order valence-corrected chi connectivity index (χ4v) is 3.52. The first-order valence-corrected chi connectivity index (χ1v) is 10.4. The van der Waals surface area contributed by atoms with Crippen molar-refractivity contribution >= 4 is 17.4 Å². The molecule has 0 unspecified atom stereocenters. The summed E-state index contributed by atoms with van der Waals surface area (Å²) in [7, 11) is 0. The lowest BCUT2D eigenvalue weighted by atomic mass is 10.0. The number of amides is 2. The van der Waals surface area contributed by atoms with Crippen molar-refractivity contribution in [2.45, 2.75) is 39.2 Å². The van der Waals surface area contributed by atoms with Crippen LogP contribution in [-0.4, -0.2) is 23.0 Å². The molecule has 178 valence electrons. The molecule has 2 heterocycles. The molecule has 1 aromatic heterocycles. The number of aromatic nitrogens is 1. The Kier molecular flexibility index (Phi) is 5.99. The number of halogens is 3. The molecule has 34 heavy (non-hydrogen) atoms. The average molecular weight is 473 g/mol. The highest BCUT2D eigenvalue weighted by Gasteiger charge is 2.33. The van der Waals surface area contributed by atoms with Crippen molar-refractivity contribution < 1.29 is 32.2 Å². The van der Waals surface area contributed by atoms with Gasteiger partial charge >= 0.3 is 12.4 Å². The fourth-order valence-electron chi connectivity index (χ4n) is 3.52. The second-order valence-corrected chi connectivity index (χ2v) is 8.40. The molecule has 10 heteroatoms. The van der Waals surface area contributed by atoms with Crippen LogP contribution in [0.4, 0.5) is 29.3 Å². The van der Waals surface area contributed by atoms with Gasteiger partial charge in [0, 0.05) is 23.9 Å². The summed E-state index contributed by atoms with van der Waals surface area (Å²) < 4.78 is 52.8. The molecule has 2 aromatic carbocycles. The molecule has 1 aliphatic rings. The molecule has 0 radical (unpaired) electrons. The molecule has 3 aromatic rings. The molecule has 0 bridgehead atoms. The van der Waals surface area contributed by atoms with E-state index in [1.54, 1.807) is 18.3 Å². The second-order valence-electron chi connectivity index (χ2n) is 8.40. The second kappa shape index (κ2) is 8.77. The number of benzene rings is 2. The van der Waals surface area contributed by atoms with Crippen molar-refractivity contribution in [1.29, 1.82) is 0 Å². The number of hydrogen-bond acceptors (Lipinski definition) is 5. The molecule has 0 fully saturated rings. The summed E-state index contributed by atoms with van der Waals surface area (Å²) in [6, 6.07) is 11.4.